The molecule has 0 aromatic carbocycles. The maximum atomic E-state index is 11.5. The highest BCUT2D eigenvalue weighted by molar-refractivity contribution is 14.1. The molecule has 0 bridgehead atoms. The van der Waals surface area contributed by atoms with Crippen molar-refractivity contribution >= 4 is 34.3 Å². The van der Waals surface area contributed by atoms with E-state index in [1.54, 1.807) is 6.08 Å². The van der Waals surface area contributed by atoms with Gasteiger partial charge in [-0.25, -0.2) is 0 Å². The topological polar surface area (TPSA) is 43.4 Å². The number of allylic oxidation sites excluding steroid dienone is 1. The third kappa shape index (κ3) is 1.51. The Morgan fingerprint density at radius 1 is 1.77 bits per heavy atom. The van der Waals surface area contributed by atoms with Crippen LogP contribution in [0, 0.1) is 11.3 Å². The molecule has 3 nitrogen and oxygen atoms in total. The third-order valence-electron chi connectivity index (χ3n) is 2.47. The number of methoxy groups -OCH3 is 1. The minimum atomic E-state index is -0.891. The lowest BCUT2D eigenvalue weighted by molar-refractivity contribution is -0.151. The summed E-state index contributed by atoms with van der Waals surface area (Å²) in [5.41, 5.74) is -0.891. The molecule has 2 atom stereocenters. The van der Waals surface area contributed by atoms with Gasteiger partial charge in [-0.3, -0.25) is 9.59 Å². The van der Waals surface area contributed by atoms with Gasteiger partial charge in [0.05, 0.1) is 11.5 Å². The van der Waals surface area contributed by atoms with Crippen LogP contribution in [0.2, 0.25) is 0 Å². The maximum absolute atomic E-state index is 11.5. The first-order valence-electron chi connectivity index (χ1n) is 3.93. The monoisotopic (exact) mass is 294 g/mol. The van der Waals surface area contributed by atoms with Crippen LogP contribution in [0.15, 0.2) is 12.7 Å². The highest BCUT2D eigenvalue weighted by atomic mass is 127. The summed E-state index contributed by atoms with van der Waals surface area (Å²) in [4.78, 5) is 22.9. The molecule has 0 radical (unpaired) electrons. The number of alkyl halides is 1. The molecule has 72 valence electrons. The van der Waals surface area contributed by atoms with Crippen LogP contribution in [0.25, 0.3) is 0 Å². The lowest BCUT2D eigenvalue weighted by Gasteiger charge is -2.10. The zero-order valence-corrected chi connectivity index (χ0v) is 9.54. The van der Waals surface area contributed by atoms with Crippen LogP contribution < -0.4 is 0 Å². The summed E-state index contributed by atoms with van der Waals surface area (Å²) in [5.74, 6) is -0.494. The number of hydrogen-bond acceptors (Lipinski definition) is 3. The fourth-order valence-electron chi connectivity index (χ4n) is 1.54. The lowest BCUT2D eigenvalue weighted by Crippen LogP contribution is -2.29. The summed E-state index contributed by atoms with van der Waals surface area (Å²) in [6, 6.07) is 0. The van der Waals surface area contributed by atoms with Gasteiger partial charge in [-0.1, -0.05) is 28.7 Å². The van der Waals surface area contributed by atoms with Crippen LogP contribution in [0.1, 0.15) is 6.42 Å². The van der Waals surface area contributed by atoms with Gasteiger partial charge in [0, 0.05) is 5.92 Å². The Balaban J connectivity index is 2.86. The molecule has 4 heteroatoms. The molecule has 0 saturated heterocycles. The summed E-state index contributed by atoms with van der Waals surface area (Å²) < 4.78 is 4.97. The fourth-order valence-corrected chi connectivity index (χ4v) is 2.22. The standard InChI is InChI=1S/C9H11IO3/c1-3-6-4-9(6,7(11)5-10)8(12)13-2/h3,6H,1,4-5H2,2H3. The molecule has 1 aliphatic rings. The highest BCUT2D eigenvalue weighted by Crippen LogP contribution is 2.55. The van der Waals surface area contributed by atoms with Crippen LogP contribution in [-0.2, 0) is 14.3 Å². The second kappa shape index (κ2) is 3.77. The molecule has 0 heterocycles. The molecule has 13 heavy (non-hydrogen) atoms. The Hall–Kier alpha value is -0.390. The predicted molar refractivity (Wildman–Crippen MR) is 56.6 cm³/mol. The first-order valence-corrected chi connectivity index (χ1v) is 5.46. The Labute approximate surface area is 90.7 Å². The number of rotatable bonds is 4. The number of Topliss-reactive ketones (excluding diaryl/α,β-unsaturated/α-hetero) is 1. The SMILES string of the molecule is C=CC1CC1(C(=O)CI)C(=O)OC. The van der Waals surface area contributed by atoms with Crippen LogP contribution in [0.4, 0.5) is 0 Å². The molecule has 0 N–H and O–H groups in total. The van der Waals surface area contributed by atoms with E-state index in [-0.39, 0.29) is 11.7 Å². The molecule has 0 aliphatic heterocycles. The normalized spacial score (nSPS) is 30.8. The second-order valence-electron chi connectivity index (χ2n) is 3.07. The fraction of sp³-hybridized carbons (Fsp3) is 0.556. The number of ketones is 1. The summed E-state index contributed by atoms with van der Waals surface area (Å²) in [7, 11) is 1.31. The molecular weight excluding hydrogens is 283 g/mol. The van der Waals surface area contributed by atoms with E-state index in [1.807, 2.05) is 22.6 Å². The van der Waals surface area contributed by atoms with Crippen molar-refractivity contribution in [2.75, 3.05) is 11.5 Å². The van der Waals surface area contributed by atoms with Crippen LogP contribution in [0.5, 0.6) is 0 Å². The molecule has 0 amide bonds. The molecule has 0 aromatic heterocycles. The molecule has 2 unspecified atom stereocenters. The van der Waals surface area contributed by atoms with Gasteiger partial charge in [0.15, 0.2) is 5.78 Å². The average molecular weight is 294 g/mol. The third-order valence-corrected chi connectivity index (χ3v) is 3.16. The maximum Gasteiger partial charge on any atom is 0.320 e. The lowest BCUT2D eigenvalue weighted by atomic mass is 9.99. The van der Waals surface area contributed by atoms with Crippen molar-refractivity contribution in [2.45, 2.75) is 6.42 Å². The van der Waals surface area contributed by atoms with E-state index in [0.29, 0.717) is 10.8 Å². The average Bonchev–Trinajstić information content (AvgIpc) is 2.91. The summed E-state index contributed by atoms with van der Waals surface area (Å²) in [5, 5.41) is 0. The molecular formula is C9H11IO3. The zero-order chi connectivity index (χ0) is 10.1. The van der Waals surface area contributed by atoms with E-state index in [9.17, 15) is 9.59 Å². The number of hydrogen-bond donors (Lipinski definition) is 0. The van der Waals surface area contributed by atoms with Gasteiger partial charge in [0.1, 0.15) is 5.41 Å². The number of halogens is 1. The van der Waals surface area contributed by atoms with Gasteiger partial charge in [0.25, 0.3) is 0 Å². The van der Waals surface area contributed by atoms with Crippen LogP contribution in [-0.4, -0.2) is 23.3 Å². The van der Waals surface area contributed by atoms with E-state index in [4.69, 9.17) is 0 Å². The quantitative estimate of drug-likeness (QED) is 0.258. The minimum Gasteiger partial charge on any atom is -0.468 e. The summed E-state index contributed by atoms with van der Waals surface area (Å²) in [6.07, 6.45) is 2.21. The van der Waals surface area contributed by atoms with E-state index in [1.165, 1.54) is 7.11 Å². The van der Waals surface area contributed by atoms with Crippen LogP contribution in [0.3, 0.4) is 0 Å². The Morgan fingerprint density at radius 3 is 2.69 bits per heavy atom. The first-order chi connectivity index (χ1) is 6.13. The van der Waals surface area contributed by atoms with Gasteiger partial charge in [-0.05, 0) is 6.42 Å². The smallest absolute Gasteiger partial charge is 0.320 e. The van der Waals surface area contributed by atoms with Crippen molar-refractivity contribution in [1.29, 1.82) is 0 Å². The van der Waals surface area contributed by atoms with E-state index in [2.05, 4.69) is 11.3 Å². The molecule has 1 saturated carbocycles. The van der Waals surface area contributed by atoms with Crippen LogP contribution >= 0.6 is 22.6 Å². The van der Waals surface area contributed by atoms with E-state index in [0.717, 1.165) is 0 Å². The number of carbonyl (C=O) groups excluding carboxylic acids is 2. The van der Waals surface area contributed by atoms with Gasteiger partial charge < -0.3 is 4.74 Å². The molecule has 1 fully saturated rings. The van der Waals surface area contributed by atoms with Gasteiger partial charge in [0.2, 0.25) is 0 Å². The van der Waals surface area contributed by atoms with Crippen molar-refractivity contribution in [3.63, 3.8) is 0 Å². The highest BCUT2D eigenvalue weighted by Gasteiger charge is 2.64. The second-order valence-corrected chi connectivity index (χ2v) is 3.83. The number of carbonyl (C=O) groups is 2. The Bertz CT molecular complexity index is 244. The first kappa shape index (κ1) is 10.7. The van der Waals surface area contributed by atoms with Crippen molar-refractivity contribution in [3.8, 4) is 0 Å². The van der Waals surface area contributed by atoms with Gasteiger partial charge in [-0.2, -0.15) is 0 Å². The zero-order valence-electron chi connectivity index (χ0n) is 7.38. The number of esters is 1. The molecule has 0 aromatic rings. The Kier molecular flexibility index (Phi) is 3.10. The van der Waals surface area contributed by atoms with Crippen molar-refractivity contribution < 1.29 is 14.3 Å². The van der Waals surface area contributed by atoms with E-state index < -0.39 is 11.4 Å². The summed E-state index contributed by atoms with van der Waals surface area (Å²) >= 11 is 1.96. The molecule has 1 rings (SSSR count). The van der Waals surface area contributed by atoms with Gasteiger partial charge >= 0.3 is 5.97 Å². The summed E-state index contributed by atoms with van der Waals surface area (Å²) in [6.45, 7) is 3.59. The predicted octanol–water partition coefficient (Wildman–Crippen LogP) is 1.36. The molecule has 1 aliphatic carbocycles. The van der Waals surface area contributed by atoms with Crippen molar-refractivity contribution in [3.05, 3.63) is 12.7 Å². The minimum absolute atomic E-state index is 0.0257. The Morgan fingerprint density at radius 2 is 2.38 bits per heavy atom. The van der Waals surface area contributed by atoms with Crippen molar-refractivity contribution in [1.82, 2.24) is 0 Å². The van der Waals surface area contributed by atoms with E-state index >= 15 is 0 Å². The van der Waals surface area contributed by atoms with Crippen molar-refractivity contribution in [2.24, 2.45) is 11.3 Å². The van der Waals surface area contributed by atoms with Gasteiger partial charge in [-0.15, -0.1) is 6.58 Å². The molecule has 0 spiro atoms. The largest absolute Gasteiger partial charge is 0.468 e. The number of ether oxygens (including phenoxy) is 1.